The van der Waals surface area contributed by atoms with E-state index in [0.29, 0.717) is 35.2 Å². The van der Waals surface area contributed by atoms with Crippen LogP contribution in [0.15, 0.2) is 18.2 Å². The van der Waals surface area contributed by atoms with Crippen LogP contribution in [0.2, 0.25) is 5.02 Å². The number of halogens is 1. The molecular formula is C16H22ClN3O2. The fourth-order valence-corrected chi connectivity index (χ4v) is 2.47. The Morgan fingerprint density at radius 1 is 1.45 bits per heavy atom. The zero-order valence-corrected chi connectivity index (χ0v) is 13.7. The number of nitriles is 1. The number of benzene rings is 1. The molecular weight excluding hydrogens is 302 g/mol. The standard InChI is InChI=1S/C16H22ClN3O2/c1-11(2)7-12(5-6-21)10-19-16(22)20-14-4-3-13(9-18)15(17)8-14/h3-4,8,11-12,21H,5-7,10H2,1-2H3,(H2,19,20,22). The summed E-state index contributed by atoms with van der Waals surface area (Å²) in [5.41, 5.74) is 0.900. The quantitative estimate of drug-likeness (QED) is 0.719. The Morgan fingerprint density at radius 3 is 2.73 bits per heavy atom. The Balaban J connectivity index is 2.51. The average molecular weight is 324 g/mol. The van der Waals surface area contributed by atoms with Crippen LogP contribution in [0.25, 0.3) is 0 Å². The highest BCUT2D eigenvalue weighted by molar-refractivity contribution is 6.32. The van der Waals surface area contributed by atoms with E-state index in [-0.39, 0.29) is 18.6 Å². The Hall–Kier alpha value is -1.77. The predicted molar refractivity (Wildman–Crippen MR) is 87.8 cm³/mol. The highest BCUT2D eigenvalue weighted by atomic mass is 35.5. The minimum atomic E-state index is -0.326. The second kappa shape index (κ2) is 9.29. The first-order chi connectivity index (χ1) is 10.5. The van der Waals surface area contributed by atoms with Crippen molar-refractivity contribution in [3.8, 4) is 6.07 Å². The van der Waals surface area contributed by atoms with Crippen molar-refractivity contribution in [2.75, 3.05) is 18.5 Å². The molecule has 1 aromatic carbocycles. The molecule has 1 rings (SSSR count). The number of nitrogens with zero attached hydrogens (tertiary/aromatic N) is 1. The summed E-state index contributed by atoms with van der Waals surface area (Å²) in [6.07, 6.45) is 1.62. The molecule has 0 saturated carbocycles. The highest BCUT2D eigenvalue weighted by Gasteiger charge is 2.12. The van der Waals surface area contributed by atoms with E-state index >= 15 is 0 Å². The lowest BCUT2D eigenvalue weighted by Gasteiger charge is -2.18. The normalized spacial score (nSPS) is 11.8. The Bertz CT molecular complexity index is 541. The molecule has 0 radical (unpaired) electrons. The van der Waals surface area contributed by atoms with Crippen molar-refractivity contribution in [2.45, 2.75) is 26.7 Å². The zero-order chi connectivity index (χ0) is 16.5. The van der Waals surface area contributed by atoms with Gasteiger partial charge in [0.05, 0.1) is 10.6 Å². The van der Waals surface area contributed by atoms with Crippen LogP contribution in [-0.2, 0) is 0 Å². The minimum absolute atomic E-state index is 0.117. The summed E-state index contributed by atoms with van der Waals surface area (Å²) >= 11 is 5.92. The summed E-state index contributed by atoms with van der Waals surface area (Å²) in [5.74, 6) is 0.763. The van der Waals surface area contributed by atoms with Crippen LogP contribution in [0.5, 0.6) is 0 Å². The van der Waals surface area contributed by atoms with E-state index in [1.807, 2.05) is 6.07 Å². The van der Waals surface area contributed by atoms with Gasteiger partial charge in [-0.3, -0.25) is 0 Å². The number of rotatable bonds is 7. The molecule has 0 aliphatic carbocycles. The number of anilines is 1. The predicted octanol–water partition coefficient (Wildman–Crippen LogP) is 3.38. The number of amides is 2. The number of aliphatic hydroxyl groups is 1. The first-order valence-electron chi connectivity index (χ1n) is 7.31. The zero-order valence-electron chi connectivity index (χ0n) is 12.9. The van der Waals surface area contributed by atoms with E-state index < -0.39 is 0 Å². The van der Waals surface area contributed by atoms with Crippen molar-refractivity contribution in [1.82, 2.24) is 5.32 Å². The summed E-state index contributed by atoms with van der Waals surface area (Å²) in [6, 6.07) is 6.37. The first kappa shape index (κ1) is 18.3. The highest BCUT2D eigenvalue weighted by Crippen LogP contribution is 2.20. The van der Waals surface area contributed by atoms with E-state index in [4.69, 9.17) is 22.0 Å². The summed E-state index contributed by atoms with van der Waals surface area (Å²) in [5, 5.41) is 23.6. The maximum atomic E-state index is 11.9. The molecule has 6 heteroatoms. The Labute approximate surface area is 136 Å². The molecule has 120 valence electrons. The van der Waals surface area contributed by atoms with E-state index in [2.05, 4.69) is 24.5 Å². The van der Waals surface area contributed by atoms with E-state index in [1.165, 1.54) is 0 Å². The summed E-state index contributed by atoms with van der Waals surface area (Å²) in [6.45, 7) is 4.85. The fraction of sp³-hybridized carbons (Fsp3) is 0.500. The van der Waals surface area contributed by atoms with Crippen molar-refractivity contribution < 1.29 is 9.90 Å². The maximum Gasteiger partial charge on any atom is 0.319 e. The van der Waals surface area contributed by atoms with Gasteiger partial charge in [0.2, 0.25) is 0 Å². The van der Waals surface area contributed by atoms with E-state index in [1.54, 1.807) is 18.2 Å². The van der Waals surface area contributed by atoms with Gasteiger partial charge in [0.15, 0.2) is 0 Å². The second-order valence-corrected chi connectivity index (χ2v) is 6.06. The van der Waals surface area contributed by atoms with Crippen LogP contribution in [0.1, 0.15) is 32.3 Å². The molecule has 0 spiro atoms. The summed E-state index contributed by atoms with van der Waals surface area (Å²) < 4.78 is 0. The van der Waals surface area contributed by atoms with Gasteiger partial charge in [-0.25, -0.2) is 4.79 Å². The molecule has 0 bridgehead atoms. The molecule has 0 aromatic heterocycles. The third-order valence-corrected chi connectivity index (χ3v) is 3.55. The van der Waals surface area contributed by atoms with Gasteiger partial charge in [-0.15, -0.1) is 0 Å². The molecule has 22 heavy (non-hydrogen) atoms. The number of carbonyl (C=O) groups excluding carboxylic acids is 1. The lowest BCUT2D eigenvalue weighted by molar-refractivity contribution is 0.231. The van der Waals surface area contributed by atoms with E-state index in [0.717, 1.165) is 6.42 Å². The van der Waals surface area contributed by atoms with Crippen LogP contribution >= 0.6 is 11.6 Å². The number of hydrogen-bond donors (Lipinski definition) is 3. The van der Waals surface area contributed by atoms with Crippen LogP contribution in [0, 0.1) is 23.2 Å². The Kier molecular flexibility index (Phi) is 7.72. The van der Waals surface area contributed by atoms with Crippen molar-refractivity contribution in [2.24, 2.45) is 11.8 Å². The molecule has 3 N–H and O–H groups in total. The smallest absolute Gasteiger partial charge is 0.319 e. The number of carbonyl (C=O) groups is 1. The molecule has 1 unspecified atom stereocenters. The lowest BCUT2D eigenvalue weighted by Crippen LogP contribution is -2.33. The van der Waals surface area contributed by atoms with Gasteiger partial charge in [0, 0.05) is 18.8 Å². The van der Waals surface area contributed by atoms with Crippen molar-refractivity contribution >= 4 is 23.3 Å². The topological polar surface area (TPSA) is 85.2 Å². The van der Waals surface area contributed by atoms with Gasteiger partial charge in [-0.2, -0.15) is 5.26 Å². The number of nitrogens with one attached hydrogen (secondary N) is 2. The van der Waals surface area contributed by atoms with Crippen LogP contribution in [0.4, 0.5) is 10.5 Å². The number of urea groups is 1. The fourth-order valence-electron chi connectivity index (χ4n) is 2.25. The molecule has 5 nitrogen and oxygen atoms in total. The van der Waals surface area contributed by atoms with Crippen LogP contribution in [-0.4, -0.2) is 24.3 Å². The number of aliphatic hydroxyl groups excluding tert-OH is 1. The van der Waals surface area contributed by atoms with Gasteiger partial charge in [-0.05, 0) is 42.9 Å². The van der Waals surface area contributed by atoms with Crippen LogP contribution in [0.3, 0.4) is 0 Å². The molecule has 0 heterocycles. The molecule has 1 aromatic rings. The van der Waals surface area contributed by atoms with Gasteiger partial charge in [-0.1, -0.05) is 25.4 Å². The summed E-state index contributed by atoms with van der Waals surface area (Å²) in [4.78, 5) is 11.9. The SMILES string of the molecule is CC(C)CC(CCO)CNC(=O)Nc1ccc(C#N)c(Cl)c1. The van der Waals surface area contributed by atoms with Gasteiger partial charge in [0.1, 0.15) is 6.07 Å². The summed E-state index contributed by atoms with van der Waals surface area (Å²) in [7, 11) is 0. The third kappa shape index (κ3) is 6.33. The monoisotopic (exact) mass is 323 g/mol. The molecule has 1 atom stereocenters. The Morgan fingerprint density at radius 2 is 2.18 bits per heavy atom. The van der Waals surface area contributed by atoms with Gasteiger partial charge < -0.3 is 15.7 Å². The van der Waals surface area contributed by atoms with E-state index in [9.17, 15) is 4.79 Å². The van der Waals surface area contributed by atoms with Crippen LogP contribution < -0.4 is 10.6 Å². The minimum Gasteiger partial charge on any atom is -0.396 e. The van der Waals surface area contributed by atoms with Crippen molar-refractivity contribution in [3.05, 3.63) is 28.8 Å². The van der Waals surface area contributed by atoms with Crippen molar-refractivity contribution in [3.63, 3.8) is 0 Å². The first-order valence-corrected chi connectivity index (χ1v) is 7.69. The second-order valence-electron chi connectivity index (χ2n) is 5.65. The van der Waals surface area contributed by atoms with Crippen molar-refractivity contribution in [1.29, 1.82) is 5.26 Å². The molecule has 0 aliphatic rings. The lowest BCUT2D eigenvalue weighted by atomic mass is 9.94. The van der Waals surface area contributed by atoms with Gasteiger partial charge >= 0.3 is 6.03 Å². The largest absolute Gasteiger partial charge is 0.396 e. The van der Waals surface area contributed by atoms with Gasteiger partial charge in [0.25, 0.3) is 0 Å². The number of hydrogen-bond acceptors (Lipinski definition) is 3. The average Bonchev–Trinajstić information content (AvgIpc) is 2.45. The molecule has 0 saturated heterocycles. The maximum absolute atomic E-state index is 11.9. The molecule has 2 amide bonds. The molecule has 0 fully saturated rings. The third-order valence-electron chi connectivity index (χ3n) is 3.24. The molecule has 0 aliphatic heterocycles.